The van der Waals surface area contributed by atoms with Crippen molar-refractivity contribution in [1.29, 1.82) is 0 Å². The van der Waals surface area contributed by atoms with Gasteiger partial charge in [-0.1, -0.05) is 44.2 Å². The van der Waals surface area contributed by atoms with Crippen LogP contribution in [0.25, 0.3) is 0 Å². The summed E-state index contributed by atoms with van der Waals surface area (Å²) in [6, 6.07) is 10.2. The molecule has 2 saturated heterocycles. The van der Waals surface area contributed by atoms with Gasteiger partial charge in [0.05, 0.1) is 13.1 Å². The molecule has 6 heteroatoms. The minimum absolute atomic E-state index is 0.160. The number of amides is 2. The fourth-order valence-electron chi connectivity index (χ4n) is 3.92. The van der Waals surface area contributed by atoms with E-state index in [1.165, 1.54) is 5.56 Å². The number of carbonyl (C=O) groups excluding carboxylic acids is 2. The van der Waals surface area contributed by atoms with Gasteiger partial charge in [-0.3, -0.25) is 9.69 Å². The average molecular weight is 373 g/mol. The van der Waals surface area contributed by atoms with E-state index in [9.17, 15) is 9.59 Å². The first kappa shape index (κ1) is 19.7. The zero-order valence-electron chi connectivity index (χ0n) is 16.7. The Balaban J connectivity index is 1.54. The third-order valence-electron chi connectivity index (χ3n) is 5.88. The van der Waals surface area contributed by atoms with Crippen LogP contribution >= 0.6 is 0 Å². The molecule has 3 rings (SSSR count). The lowest BCUT2D eigenvalue weighted by atomic mass is 9.91. The Bertz CT molecular complexity index is 656. The van der Waals surface area contributed by atoms with Crippen LogP contribution in [0.15, 0.2) is 30.3 Å². The number of likely N-dealkylation sites (tertiary alicyclic amines) is 1. The standard InChI is InChI=1S/C21H31N3O3/c1-4-22(3)15-19(25)23-12-10-21(11-13-23)16-24(20(26)27-21)14-17(2)18-8-6-5-7-9-18/h5-9,17H,4,10-16H2,1-3H3/t17-/m1/s1. The average Bonchev–Trinajstić information content (AvgIpc) is 2.97. The highest BCUT2D eigenvalue weighted by Gasteiger charge is 2.47. The molecule has 27 heavy (non-hydrogen) atoms. The Kier molecular flexibility index (Phi) is 6.05. The van der Waals surface area contributed by atoms with Crippen LogP contribution in [0.1, 0.15) is 38.2 Å². The Morgan fingerprint density at radius 3 is 2.56 bits per heavy atom. The second kappa shape index (κ2) is 8.30. The maximum Gasteiger partial charge on any atom is 0.410 e. The molecule has 0 N–H and O–H groups in total. The van der Waals surface area contributed by atoms with Crippen LogP contribution in [0.3, 0.4) is 0 Å². The van der Waals surface area contributed by atoms with E-state index in [-0.39, 0.29) is 17.9 Å². The van der Waals surface area contributed by atoms with Gasteiger partial charge in [0.15, 0.2) is 0 Å². The Morgan fingerprint density at radius 1 is 1.26 bits per heavy atom. The largest absolute Gasteiger partial charge is 0.441 e. The highest BCUT2D eigenvalue weighted by molar-refractivity contribution is 5.78. The molecule has 148 valence electrons. The normalized spacial score (nSPS) is 20.2. The molecule has 1 atom stereocenters. The fraction of sp³-hybridized carbons (Fsp3) is 0.619. The van der Waals surface area contributed by atoms with Crippen LogP contribution in [-0.4, -0.2) is 78.6 Å². The minimum atomic E-state index is -0.430. The number of hydrogen-bond acceptors (Lipinski definition) is 4. The zero-order valence-corrected chi connectivity index (χ0v) is 16.7. The van der Waals surface area contributed by atoms with E-state index in [4.69, 9.17) is 4.74 Å². The van der Waals surface area contributed by atoms with Crippen LogP contribution in [-0.2, 0) is 9.53 Å². The second-order valence-electron chi connectivity index (χ2n) is 7.95. The summed E-state index contributed by atoms with van der Waals surface area (Å²) in [7, 11) is 1.95. The first-order valence-corrected chi connectivity index (χ1v) is 9.91. The second-order valence-corrected chi connectivity index (χ2v) is 7.95. The molecule has 0 bridgehead atoms. The lowest BCUT2D eigenvalue weighted by Gasteiger charge is -2.38. The van der Waals surface area contributed by atoms with Gasteiger partial charge >= 0.3 is 6.09 Å². The molecule has 2 aliphatic heterocycles. The number of piperidine rings is 1. The Hall–Kier alpha value is -2.08. The van der Waals surface area contributed by atoms with Gasteiger partial charge in [0, 0.05) is 32.5 Å². The molecule has 0 radical (unpaired) electrons. The summed E-state index contributed by atoms with van der Waals surface area (Å²) in [4.78, 5) is 30.5. The summed E-state index contributed by atoms with van der Waals surface area (Å²) in [5.74, 6) is 0.424. The maximum absolute atomic E-state index is 12.4. The number of benzene rings is 1. The molecule has 1 aromatic rings. The number of ether oxygens (including phenoxy) is 1. The highest BCUT2D eigenvalue weighted by atomic mass is 16.6. The number of hydrogen-bond donors (Lipinski definition) is 0. The number of rotatable bonds is 6. The summed E-state index contributed by atoms with van der Waals surface area (Å²) in [6.07, 6.45) is 1.22. The van der Waals surface area contributed by atoms with Gasteiger partial charge in [0.2, 0.25) is 5.91 Å². The SMILES string of the molecule is CCN(C)CC(=O)N1CCC2(CC1)CN(C[C@@H](C)c1ccccc1)C(=O)O2. The topological polar surface area (TPSA) is 53.1 Å². The summed E-state index contributed by atoms with van der Waals surface area (Å²) in [6.45, 7) is 8.09. The van der Waals surface area contributed by atoms with Crippen molar-refractivity contribution in [2.45, 2.75) is 38.2 Å². The minimum Gasteiger partial charge on any atom is -0.441 e. The quantitative estimate of drug-likeness (QED) is 0.769. The Labute approximate surface area is 162 Å². The number of nitrogens with zero attached hydrogens (tertiary/aromatic N) is 3. The molecule has 0 aliphatic carbocycles. The first-order chi connectivity index (χ1) is 12.9. The van der Waals surface area contributed by atoms with Crippen LogP contribution in [0.4, 0.5) is 4.79 Å². The van der Waals surface area contributed by atoms with Crippen molar-refractivity contribution >= 4 is 12.0 Å². The molecule has 1 spiro atoms. The van der Waals surface area contributed by atoms with Gasteiger partial charge < -0.3 is 14.5 Å². The van der Waals surface area contributed by atoms with Crippen molar-refractivity contribution < 1.29 is 14.3 Å². The molecule has 2 aliphatic rings. The predicted molar refractivity (Wildman–Crippen MR) is 105 cm³/mol. The smallest absolute Gasteiger partial charge is 0.410 e. The van der Waals surface area contributed by atoms with Crippen LogP contribution in [0.2, 0.25) is 0 Å². The predicted octanol–water partition coefficient (Wildman–Crippen LogP) is 2.56. The van der Waals surface area contributed by atoms with Gasteiger partial charge in [0.1, 0.15) is 5.60 Å². The number of likely N-dealkylation sites (N-methyl/N-ethyl adjacent to an activating group) is 1. The van der Waals surface area contributed by atoms with Gasteiger partial charge in [-0.05, 0) is 25.1 Å². The van der Waals surface area contributed by atoms with E-state index >= 15 is 0 Å². The highest BCUT2D eigenvalue weighted by Crippen LogP contribution is 2.34. The van der Waals surface area contributed by atoms with Crippen molar-refractivity contribution in [3.8, 4) is 0 Å². The lowest BCUT2D eigenvalue weighted by molar-refractivity contribution is -0.135. The monoisotopic (exact) mass is 373 g/mol. The van der Waals surface area contributed by atoms with Crippen molar-refractivity contribution in [3.63, 3.8) is 0 Å². The fourth-order valence-corrected chi connectivity index (χ4v) is 3.92. The van der Waals surface area contributed by atoms with Gasteiger partial charge in [-0.2, -0.15) is 0 Å². The molecule has 0 aromatic heterocycles. The van der Waals surface area contributed by atoms with E-state index in [1.54, 1.807) is 0 Å². The zero-order chi connectivity index (χ0) is 19.4. The third kappa shape index (κ3) is 4.61. The van der Waals surface area contributed by atoms with Crippen molar-refractivity contribution in [2.75, 3.05) is 46.3 Å². The molecular weight excluding hydrogens is 342 g/mol. The lowest BCUT2D eigenvalue weighted by Crippen LogP contribution is -2.50. The summed E-state index contributed by atoms with van der Waals surface area (Å²) >= 11 is 0. The molecular formula is C21H31N3O3. The van der Waals surface area contributed by atoms with E-state index in [0.717, 1.165) is 19.4 Å². The Morgan fingerprint density at radius 2 is 1.93 bits per heavy atom. The van der Waals surface area contributed by atoms with E-state index in [2.05, 4.69) is 19.1 Å². The summed E-state index contributed by atoms with van der Waals surface area (Å²) in [5.41, 5.74) is 0.799. The van der Waals surface area contributed by atoms with Crippen molar-refractivity contribution in [3.05, 3.63) is 35.9 Å². The molecule has 2 amide bonds. The van der Waals surface area contributed by atoms with E-state index in [0.29, 0.717) is 32.7 Å². The molecule has 2 heterocycles. The van der Waals surface area contributed by atoms with Gasteiger partial charge in [-0.15, -0.1) is 0 Å². The van der Waals surface area contributed by atoms with Crippen LogP contribution in [0, 0.1) is 0 Å². The first-order valence-electron chi connectivity index (χ1n) is 9.91. The molecule has 0 unspecified atom stereocenters. The van der Waals surface area contributed by atoms with Gasteiger partial charge in [-0.25, -0.2) is 4.79 Å². The van der Waals surface area contributed by atoms with E-state index in [1.807, 2.05) is 46.9 Å². The van der Waals surface area contributed by atoms with Gasteiger partial charge in [0.25, 0.3) is 0 Å². The molecule has 0 saturated carbocycles. The number of carbonyl (C=O) groups is 2. The maximum atomic E-state index is 12.4. The van der Waals surface area contributed by atoms with Crippen molar-refractivity contribution in [1.82, 2.24) is 14.7 Å². The molecule has 6 nitrogen and oxygen atoms in total. The van der Waals surface area contributed by atoms with E-state index < -0.39 is 5.60 Å². The summed E-state index contributed by atoms with van der Waals surface area (Å²) < 4.78 is 5.81. The molecule has 2 fully saturated rings. The van der Waals surface area contributed by atoms with Crippen LogP contribution < -0.4 is 0 Å². The third-order valence-corrected chi connectivity index (χ3v) is 5.88. The van der Waals surface area contributed by atoms with Crippen LogP contribution in [0.5, 0.6) is 0 Å². The van der Waals surface area contributed by atoms with Crippen molar-refractivity contribution in [2.24, 2.45) is 0 Å². The summed E-state index contributed by atoms with van der Waals surface area (Å²) in [5, 5.41) is 0. The molecule has 1 aromatic carbocycles.